The lowest BCUT2D eigenvalue weighted by Gasteiger charge is -2.21. The second kappa shape index (κ2) is 10.4. The Balaban J connectivity index is 1.77. The maximum absolute atomic E-state index is 13.7. The summed E-state index contributed by atoms with van der Waals surface area (Å²) in [5.74, 6) is -2.02. The molecule has 0 saturated carbocycles. The van der Waals surface area contributed by atoms with Gasteiger partial charge in [-0.25, -0.2) is 4.39 Å². The summed E-state index contributed by atoms with van der Waals surface area (Å²) in [6.07, 6.45) is 1.22. The zero-order valence-electron chi connectivity index (χ0n) is 20.0. The molecule has 0 spiro atoms. The lowest BCUT2D eigenvalue weighted by atomic mass is 9.88. The summed E-state index contributed by atoms with van der Waals surface area (Å²) in [5, 5.41) is 30.3. The van der Waals surface area contributed by atoms with Gasteiger partial charge in [-0.2, -0.15) is 9.78 Å². The summed E-state index contributed by atoms with van der Waals surface area (Å²) >= 11 is 0. The molecule has 2 atom stereocenters. The Hall–Kier alpha value is -2.94. The van der Waals surface area contributed by atoms with Crippen molar-refractivity contribution in [2.75, 3.05) is 0 Å². The highest BCUT2D eigenvalue weighted by Gasteiger charge is 2.48. The number of benzene rings is 2. The van der Waals surface area contributed by atoms with E-state index in [1.807, 2.05) is 37.3 Å². The van der Waals surface area contributed by atoms with Gasteiger partial charge in [0.05, 0.1) is 30.0 Å². The highest BCUT2D eigenvalue weighted by atomic mass is 19.1. The number of halogens is 1. The fraction of sp³-hybridized carbons (Fsp3) is 0.321. The van der Waals surface area contributed by atoms with E-state index in [-0.39, 0.29) is 24.6 Å². The quantitative estimate of drug-likeness (QED) is 0.291. The number of pyridine rings is 1. The van der Waals surface area contributed by atoms with Gasteiger partial charge in [0.15, 0.2) is 0 Å². The molecule has 2 heterocycles. The Bertz CT molecular complexity index is 1190. The second-order valence-electron chi connectivity index (χ2n) is 9.19. The monoisotopic (exact) mass is 479 g/mol. The van der Waals surface area contributed by atoms with Gasteiger partial charge in [0.1, 0.15) is 5.82 Å². The van der Waals surface area contributed by atoms with E-state index < -0.39 is 18.2 Å². The van der Waals surface area contributed by atoms with Crippen LogP contribution in [-0.4, -0.2) is 38.5 Å². The zero-order chi connectivity index (χ0) is 25.2. The molecular formula is C28H30FNO5. The highest BCUT2D eigenvalue weighted by molar-refractivity contribution is 5.84. The van der Waals surface area contributed by atoms with Crippen LogP contribution in [0.1, 0.15) is 49.4 Å². The van der Waals surface area contributed by atoms with Gasteiger partial charge in [-0.3, -0.25) is 4.98 Å². The average molecular weight is 480 g/mol. The standard InChI is InChI=1S/C28H30FNO5/c1-17(2)26-24(14-13-22(31)15-23(32)16-28(33)34-35-28)25(19-9-11-21(29)12-10-19)18(3)27(30-26)20-7-5-4-6-8-20/h4-14,17,22-23,31-33H,15-16H2,1-3H3/t22-,23-/m1/s1. The van der Waals surface area contributed by atoms with E-state index in [9.17, 15) is 19.7 Å². The maximum atomic E-state index is 13.7. The smallest absolute Gasteiger partial charge is 0.340 e. The molecule has 0 radical (unpaired) electrons. The number of aliphatic hydroxyl groups is 3. The Kier molecular flexibility index (Phi) is 7.44. The summed E-state index contributed by atoms with van der Waals surface area (Å²) in [5.41, 5.74) is 6.17. The molecule has 1 saturated heterocycles. The Labute approximate surface area is 204 Å². The number of hydrogen-bond donors (Lipinski definition) is 3. The molecule has 4 rings (SSSR count). The van der Waals surface area contributed by atoms with Crippen LogP contribution in [-0.2, 0) is 9.78 Å². The lowest BCUT2D eigenvalue weighted by Crippen LogP contribution is -2.23. The molecule has 0 unspecified atom stereocenters. The first-order chi connectivity index (χ1) is 16.7. The van der Waals surface area contributed by atoms with Gasteiger partial charge in [0.25, 0.3) is 0 Å². The molecule has 0 aliphatic carbocycles. The van der Waals surface area contributed by atoms with Crippen molar-refractivity contribution >= 4 is 6.08 Å². The molecule has 35 heavy (non-hydrogen) atoms. The van der Waals surface area contributed by atoms with Crippen LogP contribution < -0.4 is 0 Å². The Morgan fingerprint density at radius 2 is 1.66 bits per heavy atom. The minimum atomic E-state index is -1.77. The van der Waals surface area contributed by atoms with Gasteiger partial charge >= 0.3 is 5.97 Å². The van der Waals surface area contributed by atoms with Crippen molar-refractivity contribution < 1.29 is 29.5 Å². The van der Waals surface area contributed by atoms with Crippen LogP contribution in [0.4, 0.5) is 4.39 Å². The van der Waals surface area contributed by atoms with Gasteiger partial charge in [-0.15, -0.1) is 0 Å². The van der Waals surface area contributed by atoms with E-state index in [0.29, 0.717) is 0 Å². The summed E-state index contributed by atoms with van der Waals surface area (Å²) in [6, 6.07) is 16.2. The summed E-state index contributed by atoms with van der Waals surface area (Å²) in [6.45, 7) is 6.09. The van der Waals surface area contributed by atoms with E-state index in [1.54, 1.807) is 24.3 Å². The number of rotatable bonds is 9. The zero-order valence-corrected chi connectivity index (χ0v) is 20.0. The molecule has 184 valence electrons. The minimum absolute atomic E-state index is 0.0110. The normalized spacial score (nSPS) is 16.6. The highest BCUT2D eigenvalue weighted by Crippen LogP contribution is 2.38. The fourth-order valence-electron chi connectivity index (χ4n) is 4.25. The first-order valence-corrected chi connectivity index (χ1v) is 11.7. The maximum Gasteiger partial charge on any atom is 0.340 e. The van der Waals surface area contributed by atoms with E-state index in [2.05, 4.69) is 23.6 Å². The molecule has 1 fully saturated rings. The van der Waals surface area contributed by atoms with Crippen LogP contribution in [0.25, 0.3) is 28.5 Å². The van der Waals surface area contributed by atoms with E-state index in [1.165, 1.54) is 12.1 Å². The van der Waals surface area contributed by atoms with E-state index >= 15 is 0 Å². The van der Waals surface area contributed by atoms with Crippen LogP contribution in [0.5, 0.6) is 0 Å². The van der Waals surface area contributed by atoms with E-state index in [4.69, 9.17) is 4.98 Å². The van der Waals surface area contributed by atoms with Gasteiger partial charge in [0, 0.05) is 17.5 Å². The van der Waals surface area contributed by atoms with Crippen LogP contribution in [0.15, 0.2) is 60.7 Å². The molecule has 7 heteroatoms. The number of nitrogens with zero attached hydrogens (tertiary/aromatic N) is 1. The molecule has 2 aromatic carbocycles. The summed E-state index contributed by atoms with van der Waals surface area (Å²) in [7, 11) is 0. The predicted octanol–water partition coefficient (Wildman–Crippen LogP) is 5.11. The Morgan fingerprint density at radius 3 is 2.26 bits per heavy atom. The predicted molar refractivity (Wildman–Crippen MR) is 131 cm³/mol. The van der Waals surface area contributed by atoms with E-state index in [0.717, 1.165) is 39.2 Å². The van der Waals surface area contributed by atoms with Gasteiger partial charge in [0.2, 0.25) is 0 Å². The molecule has 0 amide bonds. The molecule has 3 N–H and O–H groups in total. The van der Waals surface area contributed by atoms with Crippen molar-refractivity contribution in [3.8, 4) is 22.4 Å². The van der Waals surface area contributed by atoms with Crippen molar-refractivity contribution in [1.82, 2.24) is 4.98 Å². The van der Waals surface area contributed by atoms with Crippen LogP contribution >= 0.6 is 0 Å². The third-order valence-electron chi connectivity index (χ3n) is 6.00. The SMILES string of the molecule is Cc1c(-c2ccccc2)nc(C(C)C)c(C=C[C@@H](O)C[C@@H](O)CC2(O)OO2)c1-c1ccc(F)cc1. The second-order valence-corrected chi connectivity index (χ2v) is 9.19. The van der Waals surface area contributed by atoms with Crippen molar-refractivity contribution in [2.45, 2.75) is 57.7 Å². The molecule has 3 aromatic rings. The van der Waals surface area contributed by atoms with Crippen molar-refractivity contribution in [2.24, 2.45) is 0 Å². The number of aromatic nitrogens is 1. The van der Waals surface area contributed by atoms with Gasteiger partial charge < -0.3 is 15.3 Å². The summed E-state index contributed by atoms with van der Waals surface area (Å²) in [4.78, 5) is 13.8. The topological polar surface area (TPSA) is 98.6 Å². The third kappa shape index (κ3) is 6.01. The van der Waals surface area contributed by atoms with Crippen molar-refractivity contribution in [3.05, 3.63) is 83.3 Å². The molecule has 1 aromatic heterocycles. The van der Waals surface area contributed by atoms with Crippen molar-refractivity contribution in [3.63, 3.8) is 0 Å². The molecule has 1 aliphatic heterocycles. The molecule has 1 aliphatic rings. The van der Waals surface area contributed by atoms with Crippen LogP contribution in [0.3, 0.4) is 0 Å². The van der Waals surface area contributed by atoms with Crippen molar-refractivity contribution in [1.29, 1.82) is 0 Å². The fourth-order valence-corrected chi connectivity index (χ4v) is 4.25. The largest absolute Gasteiger partial charge is 0.393 e. The molecule has 0 bridgehead atoms. The number of hydrogen-bond acceptors (Lipinski definition) is 6. The minimum Gasteiger partial charge on any atom is -0.393 e. The van der Waals surface area contributed by atoms with Gasteiger partial charge in [-0.05, 0) is 41.7 Å². The lowest BCUT2D eigenvalue weighted by molar-refractivity contribution is -0.0279. The molecule has 6 nitrogen and oxygen atoms in total. The third-order valence-corrected chi connectivity index (χ3v) is 6.00. The Morgan fingerprint density at radius 1 is 1.00 bits per heavy atom. The molecular weight excluding hydrogens is 449 g/mol. The first kappa shape index (κ1) is 25.2. The van der Waals surface area contributed by atoms with Crippen LogP contribution in [0, 0.1) is 12.7 Å². The summed E-state index contributed by atoms with van der Waals surface area (Å²) < 4.78 is 13.7. The number of aliphatic hydroxyl groups excluding tert-OH is 2. The first-order valence-electron chi connectivity index (χ1n) is 11.7. The van der Waals surface area contributed by atoms with Crippen LogP contribution in [0.2, 0.25) is 0 Å². The average Bonchev–Trinajstić information content (AvgIpc) is 3.54. The van der Waals surface area contributed by atoms with Gasteiger partial charge in [-0.1, -0.05) is 68.5 Å².